The zero-order chi connectivity index (χ0) is 21.6. The number of rotatable bonds is 10. The number of unbranched alkanes of at least 4 members (excludes halogenated alkanes) is 1. The van der Waals surface area contributed by atoms with Crippen molar-refractivity contribution in [2.24, 2.45) is 0 Å². The lowest BCUT2D eigenvalue weighted by atomic mass is 9.88. The summed E-state index contributed by atoms with van der Waals surface area (Å²) in [7, 11) is 9.38. The van der Waals surface area contributed by atoms with Crippen molar-refractivity contribution in [2.45, 2.75) is 52.9 Å². The Morgan fingerprint density at radius 2 is 1.31 bits per heavy atom. The van der Waals surface area contributed by atoms with E-state index < -0.39 is 0 Å². The molecule has 160 valence electrons. The SMILES string of the molecule is CCCCc1cc(CCC)cc(C)c1-c1c(P)c(OC)c(OC)c(OC)c1OC. The van der Waals surface area contributed by atoms with Crippen molar-refractivity contribution in [1.29, 1.82) is 0 Å². The van der Waals surface area contributed by atoms with Crippen molar-refractivity contribution in [3.8, 4) is 34.1 Å². The fourth-order valence-electron chi connectivity index (χ4n) is 3.99. The van der Waals surface area contributed by atoms with Gasteiger partial charge in [0.2, 0.25) is 11.5 Å². The third-order valence-electron chi connectivity index (χ3n) is 5.24. The van der Waals surface area contributed by atoms with Crippen LogP contribution >= 0.6 is 9.24 Å². The third-order valence-corrected chi connectivity index (χ3v) is 5.79. The van der Waals surface area contributed by atoms with Crippen molar-refractivity contribution in [1.82, 2.24) is 0 Å². The predicted octanol–water partition coefficient (Wildman–Crippen LogP) is 5.49. The molecule has 2 aromatic carbocycles. The van der Waals surface area contributed by atoms with Crippen molar-refractivity contribution in [3.63, 3.8) is 0 Å². The van der Waals surface area contributed by atoms with E-state index in [-0.39, 0.29) is 0 Å². The summed E-state index contributed by atoms with van der Waals surface area (Å²) < 4.78 is 22.9. The van der Waals surface area contributed by atoms with Gasteiger partial charge >= 0.3 is 0 Å². The monoisotopic (exact) mass is 418 g/mol. The highest BCUT2D eigenvalue weighted by molar-refractivity contribution is 7.28. The number of benzene rings is 2. The van der Waals surface area contributed by atoms with Crippen LogP contribution < -0.4 is 24.3 Å². The molecular formula is C24H35O4P. The maximum atomic E-state index is 5.86. The van der Waals surface area contributed by atoms with E-state index in [2.05, 4.69) is 42.1 Å². The van der Waals surface area contributed by atoms with Gasteiger partial charge in [0.25, 0.3) is 0 Å². The molecule has 5 heteroatoms. The summed E-state index contributed by atoms with van der Waals surface area (Å²) in [4.78, 5) is 0. The van der Waals surface area contributed by atoms with E-state index in [0.29, 0.717) is 23.0 Å². The molecule has 1 unspecified atom stereocenters. The van der Waals surface area contributed by atoms with Crippen molar-refractivity contribution in [2.75, 3.05) is 28.4 Å². The summed E-state index contributed by atoms with van der Waals surface area (Å²) in [5, 5.41) is 0.908. The minimum Gasteiger partial charge on any atom is -0.492 e. The molecule has 0 aliphatic heterocycles. The van der Waals surface area contributed by atoms with Crippen LogP contribution in [0.4, 0.5) is 0 Å². The van der Waals surface area contributed by atoms with Crippen molar-refractivity contribution < 1.29 is 18.9 Å². The summed E-state index contributed by atoms with van der Waals surface area (Å²) in [5.74, 6) is 2.39. The molecule has 0 aromatic heterocycles. The van der Waals surface area contributed by atoms with Gasteiger partial charge in [-0.05, 0) is 48.4 Å². The van der Waals surface area contributed by atoms with Crippen LogP contribution in [0.2, 0.25) is 0 Å². The molecule has 0 radical (unpaired) electrons. The maximum absolute atomic E-state index is 5.86. The highest BCUT2D eigenvalue weighted by Gasteiger charge is 2.28. The van der Waals surface area contributed by atoms with E-state index in [0.717, 1.165) is 43.0 Å². The van der Waals surface area contributed by atoms with Gasteiger partial charge in [0.15, 0.2) is 11.5 Å². The van der Waals surface area contributed by atoms with Gasteiger partial charge in [-0.3, -0.25) is 0 Å². The lowest BCUT2D eigenvalue weighted by molar-refractivity contribution is 0.308. The highest BCUT2D eigenvalue weighted by atomic mass is 31.0. The summed E-state index contributed by atoms with van der Waals surface area (Å²) in [5.41, 5.74) is 6.14. The van der Waals surface area contributed by atoms with Crippen LogP contribution in [0.5, 0.6) is 23.0 Å². The van der Waals surface area contributed by atoms with E-state index in [9.17, 15) is 0 Å². The van der Waals surface area contributed by atoms with Gasteiger partial charge in [-0.1, -0.05) is 38.8 Å². The summed E-state index contributed by atoms with van der Waals surface area (Å²) in [6, 6.07) is 4.65. The normalized spacial score (nSPS) is 10.8. The lowest BCUT2D eigenvalue weighted by Crippen LogP contribution is -2.11. The second-order valence-corrected chi connectivity index (χ2v) is 7.80. The van der Waals surface area contributed by atoms with Gasteiger partial charge in [-0.2, -0.15) is 0 Å². The highest BCUT2D eigenvalue weighted by Crippen LogP contribution is 2.50. The molecule has 0 N–H and O–H groups in total. The predicted molar refractivity (Wildman–Crippen MR) is 125 cm³/mol. The standard InChI is InChI=1S/C24H35O4P/c1-8-10-12-17-14-16(11-9-2)13-15(3)18(17)19-20(25-4)21(26-5)22(27-6)23(28-7)24(19)29/h13-14H,8-12,29H2,1-7H3. The van der Waals surface area contributed by atoms with Crippen LogP contribution in [-0.4, -0.2) is 28.4 Å². The molecule has 4 nitrogen and oxygen atoms in total. The molecular weight excluding hydrogens is 383 g/mol. The maximum Gasteiger partial charge on any atom is 0.207 e. The zero-order valence-electron chi connectivity index (χ0n) is 18.9. The Labute approximate surface area is 178 Å². The van der Waals surface area contributed by atoms with Gasteiger partial charge in [0, 0.05) is 10.9 Å². The quantitative estimate of drug-likeness (QED) is 0.478. The minimum atomic E-state index is 0.538. The number of ether oxygens (including phenoxy) is 4. The van der Waals surface area contributed by atoms with E-state index >= 15 is 0 Å². The molecule has 0 spiro atoms. The van der Waals surface area contributed by atoms with E-state index in [1.165, 1.54) is 22.3 Å². The second kappa shape index (κ2) is 10.7. The van der Waals surface area contributed by atoms with Crippen molar-refractivity contribution in [3.05, 3.63) is 28.8 Å². The van der Waals surface area contributed by atoms with E-state index in [1.807, 2.05) is 0 Å². The molecule has 0 saturated heterocycles. The first kappa shape index (κ1) is 23.3. The molecule has 29 heavy (non-hydrogen) atoms. The second-order valence-electron chi connectivity index (χ2n) is 7.22. The molecule has 0 amide bonds. The first-order valence-electron chi connectivity index (χ1n) is 10.3. The Morgan fingerprint density at radius 3 is 1.83 bits per heavy atom. The van der Waals surface area contributed by atoms with E-state index in [4.69, 9.17) is 18.9 Å². The molecule has 0 bridgehead atoms. The first-order valence-corrected chi connectivity index (χ1v) is 10.8. The fourth-order valence-corrected chi connectivity index (χ4v) is 4.51. The minimum absolute atomic E-state index is 0.538. The number of methoxy groups -OCH3 is 4. The Hall–Kier alpha value is -1.93. The van der Waals surface area contributed by atoms with Crippen molar-refractivity contribution >= 4 is 14.5 Å². The Morgan fingerprint density at radius 1 is 0.724 bits per heavy atom. The molecule has 0 fully saturated rings. The van der Waals surface area contributed by atoms with Crippen LogP contribution in [0.25, 0.3) is 11.1 Å². The van der Waals surface area contributed by atoms with Gasteiger partial charge in [0.1, 0.15) is 0 Å². The van der Waals surface area contributed by atoms with Gasteiger partial charge in [-0.25, -0.2) is 0 Å². The molecule has 0 aliphatic carbocycles. The molecule has 2 rings (SSSR count). The number of hydrogen-bond donors (Lipinski definition) is 0. The molecule has 0 aliphatic rings. The number of hydrogen-bond acceptors (Lipinski definition) is 4. The van der Waals surface area contributed by atoms with Crippen LogP contribution in [0.3, 0.4) is 0 Å². The van der Waals surface area contributed by atoms with Crippen LogP contribution in [0.15, 0.2) is 12.1 Å². The molecule has 2 aromatic rings. The lowest BCUT2D eigenvalue weighted by Gasteiger charge is -2.24. The Balaban J connectivity index is 2.92. The Kier molecular flexibility index (Phi) is 8.64. The zero-order valence-corrected chi connectivity index (χ0v) is 20.1. The third kappa shape index (κ3) is 4.64. The van der Waals surface area contributed by atoms with Crippen LogP contribution in [0.1, 0.15) is 49.8 Å². The van der Waals surface area contributed by atoms with Gasteiger partial charge in [-0.15, -0.1) is 9.24 Å². The topological polar surface area (TPSA) is 36.9 Å². The average Bonchev–Trinajstić information content (AvgIpc) is 2.71. The molecule has 0 saturated carbocycles. The van der Waals surface area contributed by atoms with Gasteiger partial charge < -0.3 is 18.9 Å². The van der Waals surface area contributed by atoms with Gasteiger partial charge in [0.05, 0.1) is 28.4 Å². The fraction of sp³-hybridized carbons (Fsp3) is 0.500. The smallest absolute Gasteiger partial charge is 0.207 e. The average molecular weight is 419 g/mol. The summed E-state index contributed by atoms with van der Waals surface area (Å²) >= 11 is 0. The summed E-state index contributed by atoms with van der Waals surface area (Å²) in [6.07, 6.45) is 5.53. The summed E-state index contributed by atoms with van der Waals surface area (Å²) in [6.45, 7) is 6.62. The van der Waals surface area contributed by atoms with E-state index in [1.54, 1.807) is 28.4 Å². The first-order chi connectivity index (χ1) is 14.0. The van der Waals surface area contributed by atoms with Crippen LogP contribution in [0, 0.1) is 6.92 Å². The molecule has 0 heterocycles. The van der Waals surface area contributed by atoms with Crippen LogP contribution in [-0.2, 0) is 12.8 Å². The Bertz CT molecular complexity index is 846. The molecule has 1 atom stereocenters. The number of aryl methyl sites for hydroxylation is 3. The largest absolute Gasteiger partial charge is 0.492 e.